The van der Waals surface area contributed by atoms with E-state index in [0.717, 1.165) is 32.7 Å². The molecular weight excluding hydrogens is 350 g/mol. The van der Waals surface area contributed by atoms with Gasteiger partial charge in [0.1, 0.15) is 0 Å². The molecule has 0 saturated carbocycles. The van der Waals surface area contributed by atoms with Crippen LogP contribution in [0.2, 0.25) is 0 Å². The Hall–Kier alpha value is -1.63. The van der Waals surface area contributed by atoms with E-state index in [-0.39, 0.29) is 12.2 Å². The van der Waals surface area contributed by atoms with E-state index in [2.05, 4.69) is 65.1 Å². The van der Waals surface area contributed by atoms with E-state index in [9.17, 15) is 0 Å². The first-order valence-electron chi connectivity index (χ1n) is 10.8. The van der Waals surface area contributed by atoms with Crippen LogP contribution in [-0.2, 0) is 17.8 Å². The summed E-state index contributed by atoms with van der Waals surface area (Å²) in [5.41, 5.74) is 8.72. The molecule has 28 heavy (non-hydrogen) atoms. The Kier molecular flexibility index (Phi) is 7.71. The average Bonchev–Trinajstić information content (AvgIpc) is 3.12. The van der Waals surface area contributed by atoms with Gasteiger partial charge in [0.15, 0.2) is 5.96 Å². The van der Waals surface area contributed by atoms with E-state index in [1.807, 2.05) is 0 Å². The number of likely N-dealkylation sites (N-methyl/N-ethyl adjacent to an activating group) is 1. The molecule has 3 unspecified atom stereocenters. The number of morpholine rings is 1. The first kappa shape index (κ1) is 21.1. The summed E-state index contributed by atoms with van der Waals surface area (Å²) in [6.07, 6.45) is 3.09. The first-order chi connectivity index (χ1) is 13.5. The SMILES string of the molecule is CCN1CCCC1CNC(N)=NCc1ccccc1CN1CC(C)OC(C)C1. The standard InChI is InChI=1S/C22H37N5O/c1-4-27-11-7-10-21(27)13-25-22(23)24-12-19-8-5-6-9-20(19)16-26-14-17(2)28-18(3)15-26/h5-6,8-9,17-18,21H,4,7,10-16H2,1-3H3,(H3,23,24,25). The van der Waals surface area contributed by atoms with Crippen molar-refractivity contribution in [3.8, 4) is 0 Å². The maximum Gasteiger partial charge on any atom is 0.188 e. The summed E-state index contributed by atoms with van der Waals surface area (Å²) in [5.74, 6) is 0.548. The number of aliphatic imine (C=N–C) groups is 1. The van der Waals surface area contributed by atoms with Crippen LogP contribution in [0.4, 0.5) is 0 Å². The van der Waals surface area contributed by atoms with Gasteiger partial charge in [0, 0.05) is 32.2 Å². The van der Waals surface area contributed by atoms with Crippen LogP contribution in [0.5, 0.6) is 0 Å². The van der Waals surface area contributed by atoms with Gasteiger partial charge in [-0.15, -0.1) is 0 Å². The summed E-state index contributed by atoms with van der Waals surface area (Å²) >= 11 is 0. The second-order valence-electron chi connectivity index (χ2n) is 8.23. The zero-order valence-corrected chi connectivity index (χ0v) is 17.7. The molecule has 2 aliphatic rings. The molecule has 3 rings (SSSR count). The van der Waals surface area contributed by atoms with Crippen molar-refractivity contribution in [3.63, 3.8) is 0 Å². The molecule has 0 radical (unpaired) electrons. The molecule has 2 aliphatic heterocycles. The molecule has 0 aliphatic carbocycles. The van der Waals surface area contributed by atoms with Crippen LogP contribution in [0.1, 0.15) is 44.7 Å². The van der Waals surface area contributed by atoms with Crippen LogP contribution in [0.15, 0.2) is 29.3 Å². The number of nitrogens with one attached hydrogen (secondary N) is 1. The van der Waals surface area contributed by atoms with Crippen LogP contribution in [0.3, 0.4) is 0 Å². The highest BCUT2D eigenvalue weighted by Crippen LogP contribution is 2.18. The zero-order valence-electron chi connectivity index (χ0n) is 17.7. The number of nitrogens with two attached hydrogens (primary N) is 1. The van der Waals surface area contributed by atoms with E-state index in [4.69, 9.17) is 10.5 Å². The number of hydrogen-bond donors (Lipinski definition) is 2. The summed E-state index contributed by atoms with van der Waals surface area (Å²) in [4.78, 5) is 9.60. The summed E-state index contributed by atoms with van der Waals surface area (Å²) in [5, 5.41) is 3.33. The molecule has 6 heteroatoms. The Balaban J connectivity index is 1.54. The number of rotatable bonds is 7. The predicted molar refractivity (Wildman–Crippen MR) is 115 cm³/mol. The normalized spacial score (nSPS) is 27.2. The smallest absolute Gasteiger partial charge is 0.188 e. The largest absolute Gasteiger partial charge is 0.373 e. The maximum absolute atomic E-state index is 6.15. The zero-order chi connectivity index (χ0) is 19.9. The molecule has 0 amide bonds. The lowest BCUT2D eigenvalue weighted by Gasteiger charge is -2.35. The molecule has 1 aromatic rings. The van der Waals surface area contributed by atoms with Gasteiger partial charge in [0.2, 0.25) is 0 Å². The van der Waals surface area contributed by atoms with Crippen LogP contribution in [-0.4, -0.2) is 66.7 Å². The molecule has 0 bridgehead atoms. The number of guanidine groups is 1. The fraction of sp³-hybridized carbons (Fsp3) is 0.682. The average molecular weight is 388 g/mol. The van der Waals surface area contributed by atoms with Crippen LogP contribution in [0, 0.1) is 0 Å². The molecule has 6 nitrogen and oxygen atoms in total. The van der Waals surface area contributed by atoms with E-state index < -0.39 is 0 Å². The second-order valence-corrected chi connectivity index (χ2v) is 8.23. The van der Waals surface area contributed by atoms with Gasteiger partial charge in [-0.2, -0.15) is 0 Å². The lowest BCUT2D eigenvalue weighted by molar-refractivity contribution is -0.0705. The van der Waals surface area contributed by atoms with E-state index >= 15 is 0 Å². The van der Waals surface area contributed by atoms with E-state index in [0.29, 0.717) is 18.5 Å². The molecule has 2 fully saturated rings. The highest BCUT2D eigenvalue weighted by molar-refractivity contribution is 5.77. The summed E-state index contributed by atoms with van der Waals surface area (Å²) < 4.78 is 5.86. The fourth-order valence-corrected chi connectivity index (χ4v) is 4.51. The molecule has 2 saturated heterocycles. The van der Waals surface area contributed by atoms with Crippen LogP contribution >= 0.6 is 0 Å². The third kappa shape index (κ3) is 5.93. The Labute approximate surface area is 170 Å². The predicted octanol–water partition coefficient (Wildman–Crippen LogP) is 2.18. The summed E-state index contributed by atoms with van der Waals surface area (Å²) in [7, 11) is 0. The molecule has 0 spiro atoms. The summed E-state index contributed by atoms with van der Waals surface area (Å²) in [6.45, 7) is 13.2. The maximum atomic E-state index is 6.15. The Morgan fingerprint density at radius 1 is 1.21 bits per heavy atom. The van der Waals surface area contributed by atoms with Crippen LogP contribution in [0.25, 0.3) is 0 Å². The molecule has 156 valence electrons. The van der Waals surface area contributed by atoms with Gasteiger partial charge in [-0.1, -0.05) is 31.2 Å². The highest BCUT2D eigenvalue weighted by Gasteiger charge is 2.23. The molecule has 1 aromatic carbocycles. The monoisotopic (exact) mass is 387 g/mol. The van der Waals surface area contributed by atoms with Gasteiger partial charge >= 0.3 is 0 Å². The third-order valence-corrected chi connectivity index (χ3v) is 5.85. The van der Waals surface area contributed by atoms with E-state index in [1.165, 1.54) is 30.5 Å². The highest BCUT2D eigenvalue weighted by atomic mass is 16.5. The lowest BCUT2D eigenvalue weighted by atomic mass is 10.1. The van der Waals surface area contributed by atoms with Gasteiger partial charge in [-0.05, 0) is 50.9 Å². The lowest BCUT2D eigenvalue weighted by Crippen LogP contribution is -2.44. The molecule has 3 atom stereocenters. The number of ether oxygens (including phenoxy) is 1. The van der Waals surface area contributed by atoms with E-state index in [1.54, 1.807) is 0 Å². The third-order valence-electron chi connectivity index (χ3n) is 5.85. The van der Waals surface area contributed by atoms with Gasteiger partial charge < -0.3 is 15.8 Å². The quantitative estimate of drug-likeness (QED) is 0.555. The molecule has 2 heterocycles. The minimum Gasteiger partial charge on any atom is -0.373 e. The van der Waals surface area contributed by atoms with Crippen molar-refractivity contribution < 1.29 is 4.74 Å². The van der Waals surface area contributed by atoms with Gasteiger partial charge in [-0.25, -0.2) is 4.99 Å². The second kappa shape index (κ2) is 10.2. The minimum atomic E-state index is 0.284. The minimum absolute atomic E-state index is 0.284. The van der Waals surface area contributed by atoms with Crippen molar-refractivity contribution in [3.05, 3.63) is 35.4 Å². The molecule has 0 aromatic heterocycles. The Morgan fingerprint density at radius 2 is 1.93 bits per heavy atom. The topological polar surface area (TPSA) is 66.1 Å². The fourth-order valence-electron chi connectivity index (χ4n) is 4.51. The summed E-state index contributed by atoms with van der Waals surface area (Å²) in [6, 6.07) is 9.14. The van der Waals surface area contributed by atoms with Crippen molar-refractivity contribution >= 4 is 5.96 Å². The number of nitrogens with zero attached hydrogens (tertiary/aromatic N) is 3. The van der Waals surface area contributed by atoms with Crippen molar-refractivity contribution in [2.24, 2.45) is 10.7 Å². The van der Waals surface area contributed by atoms with Gasteiger partial charge in [0.25, 0.3) is 0 Å². The number of benzene rings is 1. The Morgan fingerprint density at radius 3 is 2.64 bits per heavy atom. The molecular formula is C22H37N5O. The van der Waals surface area contributed by atoms with Crippen molar-refractivity contribution in [2.45, 2.75) is 65.0 Å². The van der Waals surface area contributed by atoms with Gasteiger partial charge in [0.05, 0.1) is 18.8 Å². The number of hydrogen-bond acceptors (Lipinski definition) is 4. The molecule has 3 N–H and O–H groups in total. The number of likely N-dealkylation sites (tertiary alicyclic amines) is 1. The Bertz CT molecular complexity index is 640. The van der Waals surface area contributed by atoms with Crippen LogP contribution < -0.4 is 11.1 Å². The van der Waals surface area contributed by atoms with Gasteiger partial charge in [-0.3, -0.25) is 9.80 Å². The van der Waals surface area contributed by atoms with Crippen molar-refractivity contribution in [2.75, 3.05) is 32.7 Å². The van der Waals surface area contributed by atoms with Crippen molar-refractivity contribution in [1.82, 2.24) is 15.1 Å². The van der Waals surface area contributed by atoms with Crippen molar-refractivity contribution in [1.29, 1.82) is 0 Å². The first-order valence-corrected chi connectivity index (χ1v) is 10.8.